The van der Waals surface area contributed by atoms with Crippen LogP contribution in [0.2, 0.25) is 0 Å². The number of thiazole rings is 1. The Hall–Kier alpha value is -1.36. The summed E-state index contributed by atoms with van der Waals surface area (Å²) < 4.78 is 1.91. The molecule has 2 aromatic heterocycles. The second-order valence-electron chi connectivity index (χ2n) is 4.26. The van der Waals surface area contributed by atoms with Gasteiger partial charge in [-0.15, -0.1) is 11.3 Å². The average Bonchev–Trinajstić information content (AvgIpc) is 2.67. The van der Waals surface area contributed by atoms with Crippen LogP contribution in [0.1, 0.15) is 34.6 Å². The Bertz CT molecular complexity index is 507. The smallest absolute Gasteiger partial charge is 0.271 e. The second kappa shape index (κ2) is 3.59. The molecule has 5 heteroatoms. The SMILES string of the molecule is Cc1cn2cc(C(=O)NC3CCC3)nc2s1. The fourth-order valence-corrected chi connectivity index (χ4v) is 2.64. The van der Waals surface area contributed by atoms with Crippen molar-refractivity contribution < 1.29 is 4.79 Å². The minimum Gasteiger partial charge on any atom is -0.348 e. The highest BCUT2D eigenvalue weighted by Gasteiger charge is 2.21. The number of rotatable bonds is 2. The first-order valence-electron chi connectivity index (χ1n) is 5.48. The molecule has 2 aromatic rings. The van der Waals surface area contributed by atoms with E-state index in [0.717, 1.165) is 17.8 Å². The van der Waals surface area contributed by atoms with Crippen molar-refractivity contribution in [3.05, 3.63) is 23.0 Å². The molecule has 1 aliphatic carbocycles. The molecule has 0 aromatic carbocycles. The van der Waals surface area contributed by atoms with Crippen LogP contribution in [0.4, 0.5) is 0 Å². The van der Waals surface area contributed by atoms with Gasteiger partial charge < -0.3 is 5.32 Å². The molecule has 0 bridgehead atoms. The lowest BCUT2D eigenvalue weighted by atomic mass is 9.93. The zero-order valence-electron chi connectivity index (χ0n) is 9.06. The summed E-state index contributed by atoms with van der Waals surface area (Å²) in [6, 6.07) is 0.369. The molecule has 1 saturated carbocycles. The summed E-state index contributed by atoms with van der Waals surface area (Å²) >= 11 is 1.60. The number of amides is 1. The van der Waals surface area contributed by atoms with Crippen molar-refractivity contribution >= 4 is 22.2 Å². The second-order valence-corrected chi connectivity index (χ2v) is 5.47. The topological polar surface area (TPSA) is 46.4 Å². The molecule has 0 atom stereocenters. The van der Waals surface area contributed by atoms with E-state index in [-0.39, 0.29) is 5.91 Å². The van der Waals surface area contributed by atoms with Gasteiger partial charge in [-0.05, 0) is 26.2 Å². The van der Waals surface area contributed by atoms with Crippen molar-refractivity contribution in [1.82, 2.24) is 14.7 Å². The maximum absolute atomic E-state index is 11.8. The van der Waals surface area contributed by atoms with Gasteiger partial charge in [0, 0.05) is 23.3 Å². The van der Waals surface area contributed by atoms with Crippen LogP contribution in [0.15, 0.2) is 12.4 Å². The van der Waals surface area contributed by atoms with Gasteiger partial charge in [0.2, 0.25) is 0 Å². The highest BCUT2D eigenvalue weighted by Crippen LogP contribution is 2.20. The van der Waals surface area contributed by atoms with Gasteiger partial charge in [-0.1, -0.05) is 0 Å². The number of nitrogens with one attached hydrogen (secondary N) is 1. The number of aryl methyl sites for hydroxylation is 1. The summed E-state index contributed by atoms with van der Waals surface area (Å²) in [7, 11) is 0. The van der Waals surface area contributed by atoms with E-state index in [0.29, 0.717) is 11.7 Å². The lowest BCUT2D eigenvalue weighted by Gasteiger charge is -2.25. The molecular formula is C11H13N3OS. The van der Waals surface area contributed by atoms with Gasteiger partial charge in [0.05, 0.1) is 0 Å². The van der Waals surface area contributed by atoms with Crippen molar-refractivity contribution in [3.8, 4) is 0 Å². The van der Waals surface area contributed by atoms with E-state index < -0.39 is 0 Å². The van der Waals surface area contributed by atoms with E-state index >= 15 is 0 Å². The van der Waals surface area contributed by atoms with E-state index in [9.17, 15) is 4.79 Å². The van der Waals surface area contributed by atoms with E-state index in [1.807, 2.05) is 17.5 Å². The predicted octanol–water partition coefficient (Wildman–Crippen LogP) is 1.99. The number of imidazole rings is 1. The van der Waals surface area contributed by atoms with Crippen molar-refractivity contribution in [2.45, 2.75) is 32.2 Å². The lowest BCUT2D eigenvalue weighted by Crippen LogP contribution is -2.39. The highest BCUT2D eigenvalue weighted by molar-refractivity contribution is 7.17. The standard InChI is InChI=1S/C11H13N3OS/c1-7-5-14-6-9(13-11(14)16-7)10(15)12-8-3-2-4-8/h5-6,8H,2-4H2,1H3,(H,12,15). The maximum atomic E-state index is 11.8. The third kappa shape index (κ3) is 1.61. The molecule has 84 valence electrons. The minimum absolute atomic E-state index is 0.0433. The number of carbonyl (C=O) groups excluding carboxylic acids is 1. The lowest BCUT2D eigenvalue weighted by molar-refractivity contribution is 0.0912. The van der Waals surface area contributed by atoms with Crippen LogP contribution >= 0.6 is 11.3 Å². The Labute approximate surface area is 97.3 Å². The van der Waals surface area contributed by atoms with Crippen LogP contribution in [0.25, 0.3) is 4.96 Å². The average molecular weight is 235 g/mol. The molecule has 0 aliphatic heterocycles. The Morgan fingerprint density at radius 1 is 1.56 bits per heavy atom. The van der Waals surface area contributed by atoms with E-state index in [2.05, 4.69) is 10.3 Å². The summed E-state index contributed by atoms with van der Waals surface area (Å²) in [6.07, 6.45) is 7.22. The molecule has 3 rings (SSSR count). The van der Waals surface area contributed by atoms with Gasteiger partial charge >= 0.3 is 0 Å². The number of carbonyl (C=O) groups is 1. The molecule has 2 heterocycles. The monoisotopic (exact) mass is 235 g/mol. The first-order valence-corrected chi connectivity index (χ1v) is 6.30. The number of hydrogen-bond donors (Lipinski definition) is 1. The zero-order valence-corrected chi connectivity index (χ0v) is 9.88. The molecule has 0 spiro atoms. The summed E-state index contributed by atoms with van der Waals surface area (Å²) in [5.74, 6) is -0.0433. The van der Waals surface area contributed by atoms with Gasteiger partial charge in [0.25, 0.3) is 5.91 Å². The molecule has 0 saturated heterocycles. The molecule has 1 aliphatic rings. The van der Waals surface area contributed by atoms with Crippen molar-refractivity contribution in [3.63, 3.8) is 0 Å². The summed E-state index contributed by atoms with van der Waals surface area (Å²) in [4.78, 5) is 18.2. The number of fused-ring (bicyclic) bond motifs is 1. The Morgan fingerprint density at radius 3 is 3.00 bits per heavy atom. The number of aromatic nitrogens is 2. The predicted molar refractivity (Wildman–Crippen MR) is 62.9 cm³/mol. The van der Waals surface area contributed by atoms with Gasteiger partial charge in [0.15, 0.2) is 4.96 Å². The Morgan fingerprint density at radius 2 is 2.38 bits per heavy atom. The molecular weight excluding hydrogens is 222 g/mol. The van der Waals surface area contributed by atoms with Gasteiger partial charge in [-0.2, -0.15) is 0 Å². The van der Waals surface area contributed by atoms with Crippen LogP contribution in [0, 0.1) is 6.92 Å². The van der Waals surface area contributed by atoms with Gasteiger partial charge in [-0.25, -0.2) is 4.98 Å². The fourth-order valence-electron chi connectivity index (χ4n) is 1.83. The third-order valence-electron chi connectivity index (χ3n) is 2.94. The first kappa shape index (κ1) is 9.84. The normalized spacial score (nSPS) is 16.3. The molecule has 0 radical (unpaired) electrons. The van der Waals surface area contributed by atoms with E-state index in [4.69, 9.17) is 0 Å². The third-order valence-corrected chi connectivity index (χ3v) is 3.86. The van der Waals surface area contributed by atoms with Gasteiger partial charge in [-0.3, -0.25) is 9.20 Å². The number of nitrogens with zero attached hydrogens (tertiary/aromatic N) is 2. The van der Waals surface area contributed by atoms with Crippen LogP contribution in [-0.2, 0) is 0 Å². The van der Waals surface area contributed by atoms with Crippen LogP contribution in [-0.4, -0.2) is 21.3 Å². The van der Waals surface area contributed by atoms with Crippen molar-refractivity contribution in [2.75, 3.05) is 0 Å². The number of hydrogen-bond acceptors (Lipinski definition) is 3. The van der Waals surface area contributed by atoms with Gasteiger partial charge in [0.1, 0.15) is 5.69 Å². The van der Waals surface area contributed by atoms with Crippen LogP contribution in [0.3, 0.4) is 0 Å². The molecule has 1 amide bonds. The molecule has 1 N–H and O–H groups in total. The van der Waals surface area contributed by atoms with Crippen molar-refractivity contribution in [1.29, 1.82) is 0 Å². The quantitative estimate of drug-likeness (QED) is 0.865. The van der Waals surface area contributed by atoms with Crippen LogP contribution in [0.5, 0.6) is 0 Å². The maximum Gasteiger partial charge on any atom is 0.271 e. The molecule has 16 heavy (non-hydrogen) atoms. The largest absolute Gasteiger partial charge is 0.348 e. The zero-order chi connectivity index (χ0) is 11.1. The summed E-state index contributed by atoms with van der Waals surface area (Å²) in [5.41, 5.74) is 0.526. The first-order chi connectivity index (χ1) is 7.72. The highest BCUT2D eigenvalue weighted by atomic mass is 32.1. The molecule has 1 fully saturated rings. The fraction of sp³-hybridized carbons (Fsp3) is 0.455. The summed E-state index contributed by atoms with van der Waals surface area (Å²) in [6.45, 7) is 2.04. The van der Waals surface area contributed by atoms with Crippen molar-refractivity contribution in [2.24, 2.45) is 0 Å². The Kier molecular flexibility index (Phi) is 2.21. The molecule has 0 unspecified atom stereocenters. The minimum atomic E-state index is -0.0433. The summed E-state index contributed by atoms with van der Waals surface area (Å²) in [5, 5.41) is 2.99. The van der Waals surface area contributed by atoms with E-state index in [1.165, 1.54) is 11.3 Å². The molecule has 4 nitrogen and oxygen atoms in total. The van der Waals surface area contributed by atoms with Crippen LogP contribution < -0.4 is 5.32 Å². The Balaban J connectivity index is 1.81. The van der Waals surface area contributed by atoms with E-state index in [1.54, 1.807) is 17.5 Å².